The van der Waals surface area contributed by atoms with Gasteiger partial charge in [-0.15, -0.1) is 0 Å². The molecule has 602 valence electrons. The maximum Gasteiger partial charge on any atom is 0.408 e. The number of aliphatic hydroxyl groups is 2. The molecule has 1 aliphatic rings. The molecule has 0 spiro atoms. The Labute approximate surface area is 647 Å². The van der Waals surface area contributed by atoms with Gasteiger partial charge in [-0.05, 0) is 129 Å². The van der Waals surface area contributed by atoms with Crippen LogP contribution in [0.25, 0.3) is 0 Å². The molecule has 111 heavy (non-hydrogen) atoms. The van der Waals surface area contributed by atoms with Crippen LogP contribution in [0.5, 0.6) is 5.75 Å². The first-order chi connectivity index (χ1) is 52.6. The fraction of sp³-hybridized carbons (Fsp3) is 0.468. The van der Waals surface area contributed by atoms with Gasteiger partial charge in [0.2, 0.25) is 53.2 Å². The molecule has 1 aliphatic heterocycles. The lowest BCUT2D eigenvalue weighted by Crippen LogP contribution is -2.62. The quantitative estimate of drug-likeness (QED) is 0.00875. The molecule has 31 nitrogen and oxygen atoms in total. The van der Waals surface area contributed by atoms with E-state index >= 15 is 0 Å². The number of alkyl carbamates (subject to hydrolysis) is 1. The monoisotopic (exact) mass is 1560 g/mol. The molecule has 5 aromatic carbocycles. The number of amides is 9. The molecule has 0 bridgehead atoms. The predicted octanol–water partition coefficient (Wildman–Crippen LogP) is 3.61. The molecular formula is C79H106N12O19S. The topological polar surface area (TPSA) is 460 Å². The molecule has 0 aliphatic carbocycles. The molecular weight excluding hydrogens is 1450 g/mol. The molecule has 0 unspecified atom stereocenters. The van der Waals surface area contributed by atoms with E-state index in [1.165, 1.54) is 36.1 Å². The van der Waals surface area contributed by atoms with Gasteiger partial charge in [0.15, 0.2) is 0 Å². The van der Waals surface area contributed by atoms with Gasteiger partial charge in [0.25, 0.3) is 10.0 Å². The fourth-order valence-corrected chi connectivity index (χ4v) is 13.8. The summed E-state index contributed by atoms with van der Waals surface area (Å²) < 4.78 is 46.0. The highest BCUT2D eigenvalue weighted by Gasteiger charge is 2.42. The number of phenols is 1. The highest BCUT2D eigenvalue weighted by Crippen LogP contribution is 2.24. The number of nitrogens with two attached hydrogens (primary N) is 1. The van der Waals surface area contributed by atoms with Crippen molar-refractivity contribution < 1.29 is 90.7 Å². The van der Waals surface area contributed by atoms with Crippen molar-refractivity contribution in [2.75, 3.05) is 19.7 Å². The lowest BCUT2D eigenvalue weighted by molar-refractivity contribution is -0.149. The zero-order chi connectivity index (χ0) is 81.6. The van der Waals surface area contributed by atoms with E-state index in [0.717, 1.165) is 5.56 Å². The van der Waals surface area contributed by atoms with E-state index in [4.69, 9.17) is 19.9 Å². The van der Waals surface area contributed by atoms with Crippen LogP contribution in [-0.4, -0.2) is 180 Å². The molecule has 1 heterocycles. The second-order valence-electron chi connectivity index (χ2n) is 28.7. The number of guanidine groups is 1. The summed E-state index contributed by atoms with van der Waals surface area (Å²) in [6.45, 7) is 14.8. The Kier molecular flexibility index (Phi) is 34.8. The molecule has 1 fully saturated rings. The molecule has 0 radical (unpaired) electrons. The number of ether oxygens (including phenoxy) is 3. The van der Waals surface area contributed by atoms with Crippen molar-refractivity contribution in [2.24, 2.45) is 28.5 Å². The Morgan fingerprint density at radius 2 is 1.04 bits per heavy atom. The first-order valence-electron chi connectivity index (χ1n) is 36.9. The lowest BCUT2D eigenvalue weighted by Gasteiger charge is -2.31. The highest BCUT2D eigenvalue weighted by molar-refractivity contribution is 7.90. The largest absolute Gasteiger partial charge is 0.508 e. The number of carbonyl (C=O) groups excluding carboxylic acids is 11. The minimum atomic E-state index is -4.24. The summed E-state index contributed by atoms with van der Waals surface area (Å²) in [4.78, 5) is 162. The van der Waals surface area contributed by atoms with Crippen LogP contribution in [0, 0.1) is 38.5 Å². The zero-order valence-corrected chi connectivity index (χ0v) is 65.1. The Morgan fingerprint density at radius 3 is 1.56 bits per heavy atom. The van der Waals surface area contributed by atoms with Crippen molar-refractivity contribution in [1.29, 1.82) is 0 Å². The molecule has 6 rings (SSSR count). The number of nitrogens with one attached hydrogen (secondary N) is 9. The molecule has 5 aromatic rings. The summed E-state index contributed by atoms with van der Waals surface area (Å²) in [6.07, 6.45) is -3.78. The van der Waals surface area contributed by atoms with E-state index in [9.17, 15) is 76.5 Å². The molecule has 0 aromatic heterocycles. The lowest BCUT2D eigenvalue weighted by atomic mass is 9.99. The summed E-state index contributed by atoms with van der Waals surface area (Å²) in [5.74, 6) is -11.5. The van der Waals surface area contributed by atoms with Crippen LogP contribution in [0.2, 0.25) is 0 Å². The second-order valence-corrected chi connectivity index (χ2v) is 30.3. The summed E-state index contributed by atoms with van der Waals surface area (Å²) in [5, 5.41) is 52.1. The van der Waals surface area contributed by atoms with Gasteiger partial charge in [0.05, 0.1) is 24.0 Å². The number of rotatable bonds is 40. The number of esters is 2. The summed E-state index contributed by atoms with van der Waals surface area (Å²) >= 11 is 0. The highest BCUT2D eigenvalue weighted by atomic mass is 32.2. The normalized spacial score (nSPS) is 15.4. The standard InChI is InChI=1S/C79H106N12O19S/c1-46(2)36-59(70(97)82-58(28-20-34-81-78(80)90-111(106,107)68-50(8)38-49(7)39-51(68)9)69(96)86-62(40-53-30-32-57(94)33-31-53)77(104)109-44-55-24-16-12-17-25-55)83-72(99)61(41-65(95)108-43-54-22-14-11-15-23-54)84-71(98)60(37-47(3)4)85-75(102)67(52(10)93)89-74(101)66(48(5)6)88-73(100)64-29-21-35-91(64)76(103)63(42-92)87-79(105)110-45-56-26-18-13-19-27-56/h11-19,22-27,30-33,38-39,46-48,52,58-64,66-67,92-94H,20-21,28-29,34-37,40-45H2,1-10H3,(H,82,97)(H,83,99)(H,84,98)(H,85,102)(H,86,96)(H,87,105)(H,88,100)(H,89,101)(H3,80,81,90)/t52-,58+,59+,60-,61+,62+,63+,64+,66+,67+/m1/s1. The number of aliphatic imine (C=N–C) groups is 1. The van der Waals surface area contributed by atoms with E-state index in [1.54, 1.807) is 159 Å². The van der Waals surface area contributed by atoms with E-state index < -0.39 is 161 Å². The number of sulfonamides is 1. The van der Waals surface area contributed by atoms with Crippen molar-refractivity contribution >= 4 is 81.3 Å². The van der Waals surface area contributed by atoms with Crippen LogP contribution >= 0.6 is 0 Å². The van der Waals surface area contributed by atoms with E-state index in [0.29, 0.717) is 39.8 Å². The van der Waals surface area contributed by atoms with Gasteiger partial charge < -0.3 is 82.7 Å². The van der Waals surface area contributed by atoms with Crippen LogP contribution in [0.1, 0.15) is 132 Å². The number of hydrogen-bond donors (Lipinski definition) is 13. The van der Waals surface area contributed by atoms with E-state index in [-0.39, 0.29) is 93.9 Å². The number of benzene rings is 5. The third-order valence-electron chi connectivity index (χ3n) is 17.9. The predicted molar refractivity (Wildman–Crippen MR) is 410 cm³/mol. The van der Waals surface area contributed by atoms with Crippen LogP contribution in [0.4, 0.5) is 4.79 Å². The van der Waals surface area contributed by atoms with Crippen LogP contribution in [0.15, 0.2) is 137 Å². The van der Waals surface area contributed by atoms with Crippen LogP contribution < -0.4 is 53.0 Å². The van der Waals surface area contributed by atoms with Crippen LogP contribution in [-0.2, 0) is 98.4 Å². The number of carbonyl (C=O) groups is 11. The average Bonchev–Trinajstić information content (AvgIpc) is 1.25. The minimum absolute atomic E-state index is 0.00257. The minimum Gasteiger partial charge on any atom is -0.508 e. The summed E-state index contributed by atoms with van der Waals surface area (Å²) in [7, 11) is -4.24. The van der Waals surface area contributed by atoms with Gasteiger partial charge in [0.1, 0.15) is 79.9 Å². The smallest absolute Gasteiger partial charge is 0.408 e. The number of aliphatic hydroxyl groups excluding tert-OH is 2. The Balaban J connectivity index is 1.23. The molecule has 0 saturated carbocycles. The van der Waals surface area contributed by atoms with Crippen LogP contribution in [0.3, 0.4) is 0 Å². The van der Waals surface area contributed by atoms with E-state index in [2.05, 4.69) is 52.2 Å². The number of aromatic hydroxyl groups is 1. The van der Waals surface area contributed by atoms with Crippen molar-refractivity contribution in [3.05, 3.63) is 166 Å². The van der Waals surface area contributed by atoms with Crippen molar-refractivity contribution in [1.82, 2.24) is 52.2 Å². The van der Waals surface area contributed by atoms with Crippen molar-refractivity contribution in [3.8, 4) is 5.75 Å². The maximum absolute atomic E-state index is 15.0. The molecule has 10 atom stereocenters. The first kappa shape index (κ1) is 88.9. The van der Waals surface area contributed by atoms with Gasteiger partial charge >= 0.3 is 18.0 Å². The van der Waals surface area contributed by atoms with Gasteiger partial charge in [-0.1, -0.05) is 162 Å². The number of hydrogen-bond acceptors (Lipinski definition) is 20. The van der Waals surface area contributed by atoms with Gasteiger partial charge in [-0.2, -0.15) is 0 Å². The van der Waals surface area contributed by atoms with Gasteiger partial charge in [-0.3, -0.25) is 48.1 Å². The Bertz CT molecular complexity index is 4110. The zero-order valence-electron chi connectivity index (χ0n) is 64.3. The molecule has 32 heteroatoms. The second kappa shape index (κ2) is 43.4. The third-order valence-corrected chi connectivity index (χ3v) is 19.6. The van der Waals surface area contributed by atoms with E-state index in [1.807, 2.05) is 6.92 Å². The summed E-state index contributed by atoms with van der Waals surface area (Å²) in [6, 6.07) is 21.4. The fourth-order valence-electron chi connectivity index (χ4n) is 12.4. The van der Waals surface area contributed by atoms with Crippen molar-refractivity contribution in [3.63, 3.8) is 0 Å². The first-order valence-corrected chi connectivity index (χ1v) is 38.4. The maximum atomic E-state index is 15.0. The molecule has 14 N–H and O–H groups in total. The number of likely N-dealkylation sites (tertiary alicyclic amines) is 1. The Morgan fingerprint density at radius 1 is 0.559 bits per heavy atom. The summed E-state index contributed by atoms with van der Waals surface area (Å²) in [5.41, 5.74) is 10.3. The Hall–Kier alpha value is -11.0. The van der Waals surface area contributed by atoms with Crippen molar-refractivity contribution in [2.45, 2.75) is 206 Å². The number of phenolic OH excluding ortho intramolecular Hbond substituents is 1. The molecule has 1 saturated heterocycles. The SMILES string of the molecule is Cc1cc(C)c(S(=O)(=O)NC(N)=NCCC[C@H](NC(=O)[C@H](CC(C)C)NC(=O)[C@H](CC(=O)OCc2ccccc2)NC(=O)[C@@H](CC(C)C)NC(=O)[C@@H](NC(=O)[C@@H](NC(=O)[C@@H]2CCCN2C(=O)[C@H](CO)NC(=O)OCc2ccccc2)C(C)C)[C@@H](C)O)C(=O)N[C@@H](Cc2ccc(O)cc2)C(=O)OCc2ccccc2)c(C)c1. The molecule has 9 amide bonds. The van der Waals surface area contributed by atoms with Gasteiger partial charge in [0, 0.05) is 19.5 Å². The van der Waals surface area contributed by atoms with Gasteiger partial charge in [-0.25, -0.2) is 22.7 Å². The number of nitrogens with zero attached hydrogens (tertiary/aromatic N) is 2. The number of aryl methyl sites for hydroxylation is 3. The average molecular weight is 1560 g/mol. The third kappa shape index (κ3) is 28.8.